The van der Waals surface area contributed by atoms with Gasteiger partial charge in [-0.3, -0.25) is 4.79 Å². The number of halogens is 1. The summed E-state index contributed by atoms with van der Waals surface area (Å²) in [7, 11) is -3.97. The van der Waals surface area contributed by atoms with Crippen LogP contribution in [-0.4, -0.2) is 19.5 Å². The Balaban J connectivity index is 1.75. The molecule has 0 unspecified atom stereocenters. The lowest BCUT2D eigenvalue weighted by Gasteiger charge is -2.09. The minimum atomic E-state index is -3.97. The number of sulfonamides is 1. The normalized spacial score (nSPS) is 11.9. The Bertz CT molecular complexity index is 1010. The van der Waals surface area contributed by atoms with Gasteiger partial charge in [-0.15, -0.1) is 0 Å². The van der Waals surface area contributed by atoms with Crippen LogP contribution in [0, 0.1) is 5.82 Å². The first-order valence-corrected chi connectivity index (χ1v) is 8.28. The van der Waals surface area contributed by atoms with Gasteiger partial charge in [-0.25, -0.2) is 17.5 Å². The van der Waals surface area contributed by atoms with Crippen molar-refractivity contribution in [3.05, 3.63) is 65.0 Å². The molecule has 0 aliphatic heterocycles. The first-order chi connectivity index (χ1) is 11.0. The molecule has 6 nitrogen and oxygen atoms in total. The fourth-order valence-electron chi connectivity index (χ4n) is 2.21. The maximum Gasteiger partial charge on any atom is 0.294 e. The number of rotatable bonds is 5. The molecule has 8 heteroatoms. The average molecular weight is 336 g/mol. The number of benzene rings is 1. The molecule has 0 aliphatic carbocycles. The number of furan rings is 1. The van der Waals surface area contributed by atoms with Crippen LogP contribution in [0.25, 0.3) is 11.0 Å². The molecule has 3 aromatic rings. The fraction of sp³-hybridized carbons (Fsp3) is 0.133. The van der Waals surface area contributed by atoms with Crippen molar-refractivity contribution in [2.24, 2.45) is 0 Å². The minimum absolute atomic E-state index is 0.0528. The standard InChI is InChI=1S/C15H13FN2O4S/c16-12-3-1-2-4-13(12)23(20,21)17-7-9-18-8-5-11-6-10-22-14(11)15(18)19/h1-6,8,10,17H,7,9H2. The van der Waals surface area contributed by atoms with Crippen molar-refractivity contribution in [2.45, 2.75) is 11.4 Å². The predicted molar refractivity (Wildman–Crippen MR) is 82.1 cm³/mol. The summed E-state index contributed by atoms with van der Waals surface area (Å²) in [6.45, 7) is 0.0476. The zero-order valence-corrected chi connectivity index (χ0v) is 12.7. The van der Waals surface area contributed by atoms with E-state index in [1.807, 2.05) is 0 Å². The highest BCUT2D eigenvalue weighted by atomic mass is 32.2. The van der Waals surface area contributed by atoms with E-state index in [0.29, 0.717) is 5.39 Å². The summed E-state index contributed by atoms with van der Waals surface area (Å²) in [5.41, 5.74) is -0.137. The van der Waals surface area contributed by atoms with Gasteiger partial charge in [0.15, 0.2) is 5.58 Å². The van der Waals surface area contributed by atoms with Crippen LogP contribution in [0.1, 0.15) is 0 Å². The van der Waals surface area contributed by atoms with E-state index in [1.54, 1.807) is 18.3 Å². The highest BCUT2D eigenvalue weighted by Gasteiger charge is 2.17. The number of aromatic nitrogens is 1. The molecule has 2 heterocycles. The van der Waals surface area contributed by atoms with Crippen LogP contribution in [-0.2, 0) is 16.6 Å². The van der Waals surface area contributed by atoms with E-state index >= 15 is 0 Å². The SMILES string of the molecule is O=c1c2occc2ccn1CCNS(=O)(=O)c1ccccc1F. The van der Waals surface area contributed by atoms with Crippen molar-refractivity contribution in [2.75, 3.05) is 6.54 Å². The smallest absolute Gasteiger partial charge is 0.294 e. The van der Waals surface area contributed by atoms with Gasteiger partial charge in [0.1, 0.15) is 10.7 Å². The van der Waals surface area contributed by atoms with Gasteiger partial charge in [-0.1, -0.05) is 12.1 Å². The van der Waals surface area contributed by atoms with Crippen LogP contribution in [0.5, 0.6) is 0 Å². The molecule has 1 aromatic carbocycles. The van der Waals surface area contributed by atoms with Crippen LogP contribution in [0.4, 0.5) is 4.39 Å². The van der Waals surface area contributed by atoms with E-state index < -0.39 is 20.7 Å². The van der Waals surface area contributed by atoms with Crippen molar-refractivity contribution in [1.82, 2.24) is 9.29 Å². The highest BCUT2D eigenvalue weighted by Crippen LogP contribution is 2.13. The molecule has 0 amide bonds. The van der Waals surface area contributed by atoms with Crippen LogP contribution in [0.2, 0.25) is 0 Å². The average Bonchev–Trinajstić information content (AvgIpc) is 2.99. The van der Waals surface area contributed by atoms with E-state index in [4.69, 9.17) is 4.42 Å². The minimum Gasteiger partial charge on any atom is -0.459 e. The Labute approximate surface area is 131 Å². The summed E-state index contributed by atoms with van der Waals surface area (Å²) >= 11 is 0. The molecular formula is C15H13FN2O4S. The van der Waals surface area contributed by atoms with Gasteiger partial charge in [0.25, 0.3) is 5.56 Å². The molecule has 1 N–H and O–H groups in total. The van der Waals surface area contributed by atoms with E-state index in [1.165, 1.54) is 29.0 Å². The van der Waals surface area contributed by atoms with Crippen LogP contribution in [0.15, 0.2) is 63.0 Å². The Kier molecular flexibility index (Phi) is 4.01. The second-order valence-corrected chi connectivity index (χ2v) is 6.58. The molecule has 0 bridgehead atoms. The maximum absolute atomic E-state index is 13.6. The molecule has 0 radical (unpaired) electrons. The number of fused-ring (bicyclic) bond motifs is 1. The number of hydrogen-bond donors (Lipinski definition) is 1. The van der Waals surface area contributed by atoms with Gasteiger partial charge in [0.05, 0.1) is 6.26 Å². The number of hydrogen-bond acceptors (Lipinski definition) is 4. The van der Waals surface area contributed by atoms with E-state index in [-0.39, 0.29) is 24.2 Å². The lowest BCUT2D eigenvalue weighted by molar-refractivity contribution is 0.549. The van der Waals surface area contributed by atoms with Gasteiger partial charge in [0.2, 0.25) is 10.0 Å². The maximum atomic E-state index is 13.6. The third-order valence-electron chi connectivity index (χ3n) is 3.36. The molecular weight excluding hydrogens is 323 g/mol. The first kappa shape index (κ1) is 15.4. The fourth-order valence-corrected chi connectivity index (χ4v) is 3.31. The van der Waals surface area contributed by atoms with Crippen molar-refractivity contribution in [3.63, 3.8) is 0 Å². The summed E-state index contributed by atoms with van der Waals surface area (Å²) in [5.74, 6) is -0.825. The third kappa shape index (κ3) is 3.03. The summed E-state index contributed by atoms with van der Waals surface area (Å²) in [4.78, 5) is 11.7. The molecule has 3 rings (SSSR count). The van der Waals surface area contributed by atoms with E-state index in [2.05, 4.69) is 4.72 Å². The Morgan fingerprint density at radius 2 is 1.96 bits per heavy atom. The molecule has 120 valence electrons. The molecule has 0 atom stereocenters. The summed E-state index contributed by atoms with van der Waals surface area (Å²) in [6.07, 6.45) is 2.97. The van der Waals surface area contributed by atoms with Gasteiger partial charge >= 0.3 is 0 Å². The second kappa shape index (κ2) is 5.98. The topological polar surface area (TPSA) is 81.3 Å². The van der Waals surface area contributed by atoms with E-state index in [9.17, 15) is 17.6 Å². The first-order valence-electron chi connectivity index (χ1n) is 6.80. The van der Waals surface area contributed by atoms with Crippen molar-refractivity contribution < 1.29 is 17.2 Å². The van der Waals surface area contributed by atoms with Gasteiger partial charge < -0.3 is 8.98 Å². The highest BCUT2D eigenvalue weighted by molar-refractivity contribution is 7.89. The number of pyridine rings is 1. The largest absolute Gasteiger partial charge is 0.459 e. The van der Waals surface area contributed by atoms with Crippen LogP contribution < -0.4 is 10.3 Å². The summed E-state index contributed by atoms with van der Waals surface area (Å²) in [6, 6.07) is 8.47. The number of nitrogens with one attached hydrogen (secondary N) is 1. The molecule has 0 spiro atoms. The monoisotopic (exact) mass is 336 g/mol. The van der Waals surface area contributed by atoms with Gasteiger partial charge in [-0.05, 0) is 24.3 Å². The molecule has 23 heavy (non-hydrogen) atoms. The van der Waals surface area contributed by atoms with Crippen molar-refractivity contribution >= 4 is 21.0 Å². The lowest BCUT2D eigenvalue weighted by atomic mass is 10.3. The molecule has 2 aromatic heterocycles. The zero-order valence-electron chi connectivity index (χ0n) is 11.9. The third-order valence-corrected chi connectivity index (χ3v) is 4.85. The lowest BCUT2D eigenvalue weighted by Crippen LogP contribution is -2.31. The van der Waals surface area contributed by atoms with E-state index in [0.717, 1.165) is 6.07 Å². The van der Waals surface area contributed by atoms with Gasteiger partial charge in [0, 0.05) is 24.7 Å². The van der Waals surface area contributed by atoms with Gasteiger partial charge in [-0.2, -0.15) is 0 Å². The van der Waals surface area contributed by atoms with Crippen LogP contribution >= 0.6 is 0 Å². The van der Waals surface area contributed by atoms with Crippen LogP contribution in [0.3, 0.4) is 0 Å². The Hall–Kier alpha value is -2.45. The summed E-state index contributed by atoms with van der Waals surface area (Å²) < 4.78 is 46.3. The number of nitrogens with zero attached hydrogens (tertiary/aromatic N) is 1. The predicted octanol–water partition coefficient (Wildman–Crippen LogP) is 1.71. The van der Waals surface area contributed by atoms with Crippen molar-refractivity contribution in [3.8, 4) is 0 Å². The van der Waals surface area contributed by atoms with Crippen molar-refractivity contribution in [1.29, 1.82) is 0 Å². The Morgan fingerprint density at radius 3 is 2.74 bits per heavy atom. The second-order valence-electron chi connectivity index (χ2n) is 4.85. The molecule has 0 saturated heterocycles. The Morgan fingerprint density at radius 1 is 1.17 bits per heavy atom. The quantitative estimate of drug-likeness (QED) is 0.769. The molecule has 0 aliphatic rings. The molecule has 0 fully saturated rings. The summed E-state index contributed by atoms with van der Waals surface area (Å²) in [5, 5.41) is 0.679. The molecule has 0 saturated carbocycles. The zero-order chi connectivity index (χ0) is 16.4.